The van der Waals surface area contributed by atoms with Crippen molar-refractivity contribution in [1.29, 1.82) is 0 Å². The fourth-order valence-corrected chi connectivity index (χ4v) is 7.71. The predicted octanol–water partition coefficient (Wildman–Crippen LogP) is 2.38. The van der Waals surface area contributed by atoms with E-state index >= 15 is 0 Å². The normalized spacial score (nSPS) is 16.3. The number of carbonyl (C=O) groups is 2. The molecule has 0 spiro atoms. The van der Waals surface area contributed by atoms with Gasteiger partial charge in [-0.05, 0) is 82.1 Å². The average molecular weight is 625 g/mol. The Labute approximate surface area is 271 Å². The summed E-state index contributed by atoms with van der Waals surface area (Å²) in [6.45, 7) is 8.07. The largest absolute Gasteiger partial charge is 0.469 e. The van der Waals surface area contributed by atoms with E-state index in [-0.39, 0.29) is 43.5 Å². The lowest BCUT2D eigenvalue weighted by atomic mass is 9.67. The Morgan fingerprint density at radius 3 is 2.52 bits per heavy atom. The van der Waals surface area contributed by atoms with Crippen LogP contribution in [0.1, 0.15) is 76.8 Å². The first-order valence-corrected chi connectivity index (χ1v) is 16.5. The SMILES string of the molecule is COC(=O)CCN(C)C(=O)c1ccccc1C1=c2cc3c(cc2C(C)(C)c2cc4c(cc21)CCCN4CCO)=[N+](CCO)CCC3. The molecule has 3 aliphatic rings. The molecule has 2 heterocycles. The van der Waals surface area contributed by atoms with Gasteiger partial charge >= 0.3 is 5.97 Å². The molecule has 6 rings (SSSR count). The third-order valence-corrected chi connectivity index (χ3v) is 10.1. The number of hydrogen-bond acceptors (Lipinski definition) is 6. The van der Waals surface area contributed by atoms with Crippen molar-refractivity contribution in [3.63, 3.8) is 0 Å². The second-order valence-corrected chi connectivity index (χ2v) is 13.3. The van der Waals surface area contributed by atoms with Crippen LogP contribution >= 0.6 is 0 Å². The zero-order chi connectivity index (χ0) is 32.6. The van der Waals surface area contributed by atoms with E-state index < -0.39 is 0 Å². The second kappa shape index (κ2) is 13.0. The molecule has 46 heavy (non-hydrogen) atoms. The number of hydrogen-bond donors (Lipinski definition) is 2. The van der Waals surface area contributed by atoms with Gasteiger partial charge in [0.1, 0.15) is 13.2 Å². The van der Waals surface area contributed by atoms with Crippen molar-refractivity contribution in [3.8, 4) is 0 Å². The molecule has 0 saturated carbocycles. The first-order chi connectivity index (χ1) is 22.2. The van der Waals surface area contributed by atoms with Gasteiger partial charge in [0.15, 0.2) is 6.54 Å². The summed E-state index contributed by atoms with van der Waals surface area (Å²) in [5, 5.41) is 22.1. The number of benzene rings is 3. The molecule has 1 amide bonds. The van der Waals surface area contributed by atoms with Crippen LogP contribution in [0.15, 0.2) is 48.5 Å². The Bertz CT molecular complexity index is 1810. The summed E-state index contributed by atoms with van der Waals surface area (Å²) in [4.78, 5) is 29.8. The fourth-order valence-electron chi connectivity index (χ4n) is 7.71. The number of esters is 1. The van der Waals surface area contributed by atoms with Gasteiger partial charge in [0.25, 0.3) is 5.91 Å². The molecule has 0 bridgehead atoms. The predicted molar refractivity (Wildman–Crippen MR) is 180 cm³/mol. The number of fused-ring (bicyclic) bond motifs is 4. The molecule has 2 aliphatic heterocycles. The zero-order valence-electron chi connectivity index (χ0n) is 27.6. The average Bonchev–Trinajstić information content (AvgIpc) is 3.06. The van der Waals surface area contributed by atoms with Crippen LogP contribution in [0.2, 0.25) is 0 Å². The van der Waals surface area contributed by atoms with Crippen LogP contribution in [-0.4, -0.2) is 87.1 Å². The molecule has 242 valence electrons. The summed E-state index contributed by atoms with van der Waals surface area (Å²) >= 11 is 0. The van der Waals surface area contributed by atoms with Gasteiger partial charge in [-0.1, -0.05) is 32.0 Å². The highest BCUT2D eigenvalue weighted by atomic mass is 16.5. The fraction of sp³-hybridized carbons (Fsp3) is 0.447. The smallest absolute Gasteiger partial charge is 0.307 e. The number of nitrogens with zero attached hydrogens (tertiary/aromatic N) is 3. The van der Waals surface area contributed by atoms with E-state index in [4.69, 9.17) is 4.74 Å². The topological polar surface area (TPSA) is 93.3 Å². The number of anilines is 1. The first-order valence-electron chi connectivity index (χ1n) is 16.5. The second-order valence-electron chi connectivity index (χ2n) is 13.3. The summed E-state index contributed by atoms with van der Waals surface area (Å²) in [6, 6.07) is 17.2. The van der Waals surface area contributed by atoms with Crippen molar-refractivity contribution in [2.75, 3.05) is 65.0 Å². The molecular weight excluding hydrogens is 578 g/mol. The lowest BCUT2D eigenvalue weighted by molar-refractivity contribution is -0.140. The van der Waals surface area contributed by atoms with Crippen molar-refractivity contribution in [2.45, 2.75) is 51.4 Å². The molecule has 3 aromatic rings. The lowest BCUT2D eigenvalue weighted by Crippen LogP contribution is -2.44. The Morgan fingerprint density at radius 1 is 0.978 bits per heavy atom. The molecule has 0 aromatic heterocycles. The number of methoxy groups -OCH3 is 1. The van der Waals surface area contributed by atoms with Crippen LogP contribution in [0.5, 0.6) is 0 Å². The minimum atomic E-state index is -0.348. The molecule has 1 aliphatic carbocycles. The van der Waals surface area contributed by atoms with Gasteiger partial charge in [-0.2, -0.15) is 0 Å². The van der Waals surface area contributed by atoms with Crippen LogP contribution in [-0.2, 0) is 27.8 Å². The van der Waals surface area contributed by atoms with Crippen molar-refractivity contribution in [1.82, 2.24) is 9.48 Å². The molecule has 0 atom stereocenters. The molecule has 2 N–H and O–H groups in total. The maximum atomic E-state index is 14.1. The maximum Gasteiger partial charge on any atom is 0.307 e. The minimum absolute atomic E-state index is 0.103. The van der Waals surface area contributed by atoms with Gasteiger partial charge in [0.2, 0.25) is 5.36 Å². The number of aryl methyl sites for hydroxylation is 2. The monoisotopic (exact) mass is 624 g/mol. The minimum Gasteiger partial charge on any atom is -0.469 e. The summed E-state index contributed by atoms with van der Waals surface area (Å²) in [5.74, 6) is -0.487. The molecule has 0 unspecified atom stereocenters. The highest BCUT2D eigenvalue weighted by Crippen LogP contribution is 2.44. The number of aliphatic hydroxyl groups excluding tert-OH is 2. The highest BCUT2D eigenvalue weighted by molar-refractivity contribution is 6.02. The quantitative estimate of drug-likeness (QED) is 0.281. The van der Waals surface area contributed by atoms with E-state index in [1.807, 2.05) is 18.2 Å². The highest BCUT2D eigenvalue weighted by Gasteiger charge is 2.37. The van der Waals surface area contributed by atoms with Crippen LogP contribution in [0.25, 0.3) is 5.57 Å². The van der Waals surface area contributed by atoms with Crippen molar-refractivity contribution < 1.29 is 24.5 Å². The van der Waals surface area contributed by atoms with E-state index in [1.54, 1.807) is 11.9 Å². The Balaban J connectivity index is 1.65. The number of β-amino-alcohol motifs (C(OH)–C–C–N with tert-alkyl or cyclic N) is 2. The summed E-state index contributed by atoms with van der Waals surface area (Å²) < 4.78 is 7.12. The molecule has 0 saturated heterocycles. The molecule has 0 radical (unpaired) electrons. The lowest BCUT2D eigenvalue weighted by Gasteiger charge is -2.39. The van der Waals surface area contributed by atoms with Crippen LogP contribution in [0.3, 0.4) is 0 Å². The van der Waals surface area contributed by atoms with Gasteiger partial charge < -0.3 is 24.7 Å². The van der Waals surface area contributed by atoms with Crippen LogP contribution < -0.4 is 20.1 Å². The molecule has 3 aromatic carbocycles. The number of amides is 1. The summed E-state index contributed by atoms with van der Waals surface area (Å²) in [5.41, 5.74) is 9.43. The van der Waals surface area contributed by atoms with Gasteiger partial charge in [0, 0.05) is 61.4 Å². The molecule has 8 heteroatoms. The third-order valence-electron chi connectivity index (χ3n) is 10.1. The van der Waals surface area contributed by atoms with Crippen molar-refractivity contribution in [3.05, 3.63) is 98.1 Å². The molecule has 0 fully saturated rings. The van der Waals surface area contributed by atoms with E-state index in [0.717, 1.165) is 60.7 Å². The van der Waals surface area contributed by atoms with Gasteiger partial charge in [0.05, 0.1) is 20.1 Å². The van der Waals surface area contributed by atoms with E-state index in [0.29, 0.717) is 18.7 Å². The van der Waals surface area contributed by atoms with E-state index in [1.165, 1.54) is 40.4 Å². The summed E-state index contributed by atoms with van der Waals surface area (Å²) in [7, 11) is 3.09. The van der Waals surface area contributed by atoms with Gasteiger partial charge in [-0.3, -0.25) is 9.59 Å². The summed E-state index contributed by atoms with van der Waals surface area (Å²) in [6.07, 6.45) is 4.10. The molecular formula is C38H46N3O5+. The Morgan fingerprint density at radius 2 is 1.76 bits per heavy atom. The zero-order valence-corrected chi connectivity index (χ0v) is 27.6. The van der Waals surface area contributed by atoms with Gasteiger partial charge in [-0.25, -0.2) is 4.58 Å². The van der Waals surface area contributed by atoms with Crippen molar-refractivity contribution in [2.24, 2.45) is 0 Å². The number of carbonyl (C=O) groups excluding carboxylic acids is 2. The van der Waals surface area contributed by atoms with Crippen LogP contribution in [0.4, 0.5) is 5.69 Å². The third kappa shape index (κ3) is 5.62. The number of rotatable bonds is 9. The molecule has 8 nitrogen and oxygen atoms in total. The number of aliphatic hydroxyl groups is 2. The Kier molecular flexibility index (Phi) is 9.03. The number of ether oxygens (including phenoxy) is 1. The van der Waals surface area contributed by atoms with Crippen LogP contribution in [0, 0.1) is 0 Å². The standard InChI is InChI=1S/C38H46N3O5/c1-38(2)31-23-33-25(9-7-14-40(33)17-19-42)21-29(31)36(30-22-26-10-8-15-41(18-20-43)34(26)24-32(30)38)27-11-5-6-12-28(27)37(45)39(3)16-13-35(44)46-4/h5-6,11-12,21-24,42-43H,7-10,13-20H2,1-4H3/q+1. The first kappa shape index (κ1) is 32.0. The Hall–Kier alpha value is -4.01. The van der Waals surface area contributed by atoms with E-state index in [9.17, 15) is 19.8 Å². The van der Waals surface area contributed by atoms with Gasteiger partial charge in [-0.15, -0.1) is 0 Å². The maximum absolute atomic E-state index is 14.1. The van der Waals surface area contributed by atoms with E-state index in [2.05, 4.69) is 53.7 Å². The van der Waals surface area contributed by atoms with Crippen molar-refractivity contribution >= 4 is 23.1 Å².